The summed E-state index contributed by atoms with van der Waals surface area (Å²) in [6.45, 7) is 5.99. The molecule has 15 atom stereocenters. The van der Waals surface area contributed by atoms with Crippen LogP contribution in [0.25, 0.3) is 0 Å². The number of likely N-dealkylation sites (tertiary alicyclic amines) is 1. The van der Waals surface area contributed by atoms with Crippen LogP contribution in [0.15, 0.2) is 30.3 Å². The molecule has 0 radical (unpaired) electrons. The SMILES string of the molecule is CCN1C[C@@]2(COC)[C@H]3[C@@H](OC)[C@H]4C1[C@]3([C@@H](OC)C[C@H]2OC(C)=O)[C@@H]1C[C@@]2(OC(C)=O)[C@H](OC(=O)c3ccccc3)[C@@H]1[C@]4(O)[C@@H](O)[C@@H]2OC. The van der Waals surface area contributed by atoms with E-state index in [9.17, 15) is 24.6 Å². The Bertz CT molecular complexity index is 1480. The Hall–Kier alpha value is -2.65. The molecular formula is C36H49NO12. The van der Waals surface area contributed by atoms with E-state index in [1.165, 1.54) is 21.0 Å². The van der Waals surface area contributed by atoms with Crippen LogP contribution in [0.1, 0.15) is 44.0 Å². The quantitative estimate of drug-likeness (QED) is 0.267. The van der Waals surface area contributed by atoms with E-state index in [2.05, 4.69) is 4.90 Å². The lowest BCUT2D eigenvalue weighted by atomic mass is 9.42. The lowest BCUT2D eigenvalue weighted by molar-refractivity contribution is -0.321. The molecule has 6 fully saturated rings. The third kappa shape index (κ3) is 4.21. The van der Waals surface area contributed by atoms with Gasteiger partial charge in [-0.3, -0.25) is 14.5 Å². The highest BCUT2D eigenvalue weighted by Crippen LogP contribution is 2.80. The molecule has 6 aliphatic rings. The molecule has 1 heterocycles. The number of nitrogens with zero attached hydrogens (tertiary/aromatic N) is 1. The normalized spacial score (nSPS) is 47.4. The topological polar surface area (TPSA) is 160 Å². The minimum atomic E-state index is -1.94. The number of benzene rings is 1. The number of methoxy groups -OCH3 is 4. The molecule has 1 aliphatic heterocycles. The summed E-state index contributed by atoms with van der Waals surface area (Å²) in [5.41, 5.74) is -4.91. The minimum Gasteiger partial charge on any atom is -0.462 e. The van der Waals surface area contributed by atoms with Gasteiger partial charge in [-0.1, -0.05) is 25.1 Å². The average Bonchev–Trinajstić information content (AvgIpc) is 3.46. The number of piperidine rings is 1. The Balaban J connectivity index is 1.52. The maximum Gasteiger partial charge on any atom is 0.338 e. The van der Waals surface area contributed by atoms with Crippen molar-refractivity contribution in [3.8, 4) is 0 Å². The molecule has 5 saturated carbocycles. The summed E-state index contributed by atoms with van der Waals surface area (Å²) < 4.78 is 43.7. The standard InChI is InChI=1S/C36H49NO12/c1-8-37-16-33(17-43-4)22(47-18(2)38)14-23(44-5)35-21-15-34(49-19(3)39)30(48-32(41)20-12-10-9-11-13-20)24(21)36(42,29(40)31(34)46-7)25(28(35)37)26(45-6)27(33)35/h9-13,21-31,40,42H,8,14-17H2,1-7H3/t21-,22-,23+,24-,25+,26+,27-,28?,29+,30-,31+,33+,34-,35+,36-/m1/s1. The number of carbonyl (C=O) groups excluding carboxylic acids is 3. The Morgan fingerprint density at radius 2 is 1.63 bits per heavy atom. The number of hydrogen-bond acceptors (Lipinski definition) is 13. The smallest absolute Gasteiger partial charge is 0.338 e. The predicted octanol–water partition coefficient (Wildman–Crippen LogP) is 1.22. The van der Waals surface area contributed by atoms with Crippen LogP contribution < -0.4 is 0 Å². The fraction of sp³-hybridized carbons (Fsp3) is 0.750. The number of carbonyl (C=O) groups is 3. The van der Waals surface area contributed by atoms with Crippen LogP contribution in [-0.2, 0) is 42.7 Å². The number of rotatable bonds is 10. The van der Waals surface area contributed by atoms with Crippen LogP contribution in [0.3, 0.4) is 0 Å². The summed E-state index contributed by atoms with van der Waals surface area (Å²) >= 11 is 0. The highest BCUT2D eigenvalue weighted by Gasteiger charge is 2.92. The second kappa shape index (κ2) is 12.0. The van der Waals surface area contributed by atoms with E-state index in [-0.39, 0.29) is 24.6 Å². The van der Waals surface area contributed by atoms with Crippen molar-refractivity contribution in [2.24, 2.45) is 34.5 Å². The summed E-state index contributed by atoms with van der Waals surface area (Å²) in [7, 11) is 6.26. The highest BCUT2D eigenvalue weighted by atomic mass is 16.6. The van der Waals surface area contributed by atoms with Gasteiger partial charge in [-0.05, 0) is 31.0 Å². The third-order valence-electron chi connectivity index (χ3n) is 13.5. The van der Waals surface area contributed by atoms with Gasteiger partial charge in [-0.25, -0.2) is 4.79 Å². The molecule has 0 aromatic heterocycles. The molecule has 0 amide bonds. The van der Waals surface area contributed by atoms with Gasteiger partial charge in [-0.15, -0.1) is 0 Å². The first-order valence-corrected chi connectivity index (χ1v) is 17.2. The first-order chi connectivity index (χ1) is 23.4. The lowest BCUT2D eigenvalue weighted by Gasteiger charge is -2.70. The summed E-state index contributed by atoms with van der Waals surface area (Å²) in [6, 6.07) is 8.12. The van der Waals surface area contributed by atoms with Gasteiger partial charge in [0.05, 0.1) is 24.4 Å². The fourth-order valence-corrected chi connectivity index (χ4v) is 12.6. The monoisotopic (exact) mass is 687 g/mol. The molecule has 5 aliphatic carbocycles. The summed E-state index contributed by atoms with van der Waals surface area (Å²) in [5.74, 6) is -4.32. The van der Waals surface area contributed by atoms with Gasteiger partial charge in [0.2, 0.25) is 0 Å². The van der Waals surface area contributed by atoms with Crippen molar-refractivity contribution in [2.75, 3.05) is 48.1 Å². The van der Waals surface area contributed by atoms with Crippen molar-refractivity contribution in [3.63, 3.8) is 0 Å². The zero-order valence-electron chi connectivity index (χ0n) is 29.2. The molecule has 270 valence electrons. The molecular weight excluding hydrogens is 638 g/mol. The van der Waals surface area contributed by atoms with Gasteiger partial charge in [0.25, 0.3) is 0 Å². The molecule has 7 rings (SSSR count). The molecule has 13 nitrogen and oxygen atoms in total. The average molecular weight is 688 g/mol. The number of aliphatic hydroxyl groups is 2. The number of ether oxygens (including phenoxy) is 7. The Morgan fingerprint density at radius 3 is 2.20 bits per heavy atom. The molecule has 1 saturated heterocycles. The first kappa shape index (κ1) is 34.8. The first-order valence-electron chi connectivity index (χ1n) is 17.2. The van der Waals surface area contributed by atoms with Crippen molar-refractivity contribution >= 4 is 17.9 Å². The predicted molar refractivity (Wildman–Crippen MR) is 170 cm³/mol. The van der Waals surface area contributed by atoms with Crippen molar-refractivity contribution in [3.05, 3.63) is 35.9 Å². The van der Waals surface area contributed by atoms with Gasteiger partial charge in [-0.2, -0.15) is 0 Å². The van der Waals surface area contributed by atoms with Crippen LogP contribution >= 0.6 is 0 Å². The van der Waals surface area contributed by atoms with E-state index in [1.807, 2.05) is 6.92 Å². The van der Waals surface area contributed by atoms with Gasteiger partial charge >= 0.3 is 17.9 Å². The van der Waals surface area contributed by atoms with Crippen LogP contribution in [-0.4, -0.2) is 135 Å². The van der Waals surface area contributed by atoms with Crippen molar-refractivity contribution in [1.29, 1.82) is 0 Å². The molecule has 1 unspecified atom stereocenters. The van der Waals surface area contributed by atoms with E-state index in [4.69, 9.17) is 33.2 Å². The van der Waals surface area contributed by atoms with E-state index in [0.717, 1.165) is 0 Å². The Morgan fingerprint density at radius 1 is 0.918 bits per heavy atom. The van der Waals surface area contributed by atoms with Gasteiger partial charge in [0.1, 0.15) is 23.9 Å². The summed E-state index contributed by atoms with van der Waals surface area (Å²) in [6.07, 6.45) is -5.35. The van der Waals surface area contributed by atoms with E-state index in [1.54, 1.807) is 51.7 Å². The van der Waals surface area contributed by atoms with Crippen molar-refractivity contribution in [1.82, 2.24) is 4.90 Å². The van der Waals surface area contributed by atoms with E-state index >= 15 is 0 Å². The van der Waals surface area contributed by atoms with Gasteiger partial charge < -0.3 is 43.4 Å². The van der Waals surface area contributed by atoms with E-state index < -0.39 is 100 Å². The molecule has 1 aromatic rings. The van der Waals surface area contributed by atoms with Crippen LogP contribution in [0, 0.1) is 34.5 Å². The van der Waals surface area contributed by atoms with Crippen LogP contribution in [0.4, 0.5) is 0 Å². The maximum absolute atomic E-state index is 13.9. The van der Waals surface area contributed by atoms with Gasteiger partial charge in [0, 0.05) is 89.9 Å². The molecule has 1 aromatic carbocycles. The number of hydrogen-bond donors (Lipinski definition) is 2. The number of aliphatic hydroxyl groups excluding tert-OH is 1. The molecule has 1 spiro atoms. The fourth-order valence-electron chi connectivity index (χ4n) is 12.6. The highest BCUT2D eigenvalue weighted by molar-refractivity contribution is 5.89. The van der Waals surface area contributed by atoms with Crippen LogP contribution in [0.5, 0.6) is 0 Å². The Kier molecular flexibility index (Phi) is 8.49. The second-order valence-electron chi connectivity index (χ2n) is 15.0. The van der Waals surface area contributed by atoms with E-state index in [0.29, 0.717) is 19.5 Å². The lowest BCUT2D eigenvalue weighted by Crippen LogP contribution is -2.81. The van der Waals surface area contributed by atoms with Crippen LogP contribution in [0.2, 0.25) is 0 Å². The van der Waals surface area contributed by atoms with Crippen molar-refractivity contribution < 1.29 is 57.8 Å². The van der Waals surface area contributed by atoms with Gasteiger partial charge in [0.15, 0.2) is 11.7 Å². The largest absolute Gasteiger partial charge is 0.462 e. The second-order valence-corrected chi connectivity index (χ2v) is 15.0. The third-order valence-corrected chi connectivity index (χ3v) is 13.5. The zero-order valence-corrected chi connectivity index (χ0v) is 29.2. The number of fused-ring (bicyclic) bond motifs is 2. The summed E-state index contributed by atoms with van der Waals surface area (Å²) in [5, 5.41) is 26.0. The Labute approximate surface area is 286 Å². The number of esters is 3. The molecule has 2 N–H and O–H groups in total. The maximum atomic E-state index is 13.9. The molecule has 13 heteroatoms. The zero-order chi connectivity index (χ0) is 35.3. The molecule has 49 heavy (non-hydrogen) atoms. The minimum absolute atomic E-state index is 0.108. The molecule has 7 bridgehead atoms. The summed E-state index contributed by atoms with van der Waals surface area (Å²) in [4.78, 5) is 41.9. The van der Waals surface area contributed by atoms with Crippen molar-refractivity contribution in [2.45, 2.75) is 87.5 Å².